The molecule has 1 fully saturated rings. The SMILES string of the molecule is C1=Cc2ccccc2NC=N1.C1=c2ccc3c(c2CC(C2CCNCC2)C1)CC=c1ccccc1=3. The second kappa shape index (κ2) is 10.1. The number of para-hydroxylation sites is 1. The lowest BCUT2D eigenvalue weighted by molar-refractivity contribution is 0.259. The number of benzene rings is 3. The minimum atomic E-state index is 0.850. The number of rotatable bonds is 1. The van der Waals surface area contributed by atoms with Gasteiger partial charge in [-0.1, -0.05) is 66.7 Å². The highest BCUT2D eigenvalue weighted by molar-refractivity contribution is 5.83. The first-order valence-electron chi connectivity index (χ1n) is 13.0. The third-order valence-corrected chi connectivity index (χ3v) is 8.00. The van der Waals surface area contributed by atoms with Crippen molar-refractivity contribution in [1.29, 1.82) is 0 Å². The number of piperidine rings is 1. The summed E-state index contributed by atoms with van der Waals surface area (Å²) in [6.45, 7) is 2.42. The van der Waals surface area contributed by atoms with Crippen molar-refractivity contribution in [2.24, 2.45) is 16.8 Å². The molecule has 0 spiro atoms. The molecular weight excluding hydrogens is 426 g/mol. The Morgan fingerprint density at radius 2 is 1.60 bits per heavy atom. The molecule has 176 valence electrons. The highest BCUT2D eigenvalue weighted by Gasteiger charge is 2.26. The van der Waals surface area contributed by atoms with Crippen molar-refractivity contribution in [3.05, 3.63) is 104 Å². The molecule has 35 heavy (non-hydrogen) atoms. The summed E-state index contributed by atoms with van der Waals surface area (Å²) in [5.41, 5.74) is 5.52. The number of hydrogen-bond donors (Lipinski definition) is 2. The zero-order valence-electron chi connectivity index (χ0n) is 20.2. The largest absolute Gasteiger partial charge is 0.346 e. The Kier molecular flexibility index (Phi) is 6.34. The summed E-state index contributed by atoms with van der Waals surface area (Å²) in [4.78, 5) is 3.97. The van der Waals surface area contributed by atoms with Gasteiger partial charge in [-0.05, 0) is 107 Å². The molecule has 2 aliphatic heterocycles. The number of nitrogens with zero attached hydrogens (tertiary/aromatic N) is 1. The zero-order chi connectivity index (χ0) is 23.5. The Morgan fingerprint density at radius 1 is 0.743 bits per heavy atom. The van der Waals surface area contributed by atoms with Gasteiger partial charge in [0.25, 0.3) is 0 Å². The van der Waals surface area contributed by atoms with Gasteiger partial charge in [-0.25, -0.2) is 4.99 Å². The normalized spacial score (nSPS) is 19.7. The van der Waals surface area contributed by atoms with Crippen LogP contribution < -0.4 is 21.1 Å². The van der Waals surface area contributed by atoms with Gasteiger partial charge in [-0.15, -0.1) is 0 Å². The van der Waals surface area contributed by atoms with Gasteiger partial charge in [-0.3, -0.25) is 0 Å². The van der Waals surface area contributed by atoms with E-state index in [9.17, 15) is 0 Å². The molecule has 3 aromatic rings. The van der Waals surface area contributed by atoms with Crippen LogP contribution in [0.1, 0.15) is 36.0 Å². The molecule has 3 nitrogen and oxygen atoms in total. The third-order valence-electron chi connectivity index (χ3n) is 8.00. The molecule has 0 saturated carbocycles. The maximum Gasteiger partial charge on any atom is 0.0923 e. The summed E-state index contributed by atoms with van der Waals surface area (Å²) in [6, 6.07) is 21.7. The smallest absolute Gasteiger partial charge is 0.0923 e. The van der Waals surface area contributed by atoms with Gasteiger partial charge in [0.05, 0.1) is 6.34 Å². The van der Waals surface area contributed by atoms with Crippen molar-refractivity contribution in [2.45, 2.75) is 32.1 Å². The van der Waals surface area contributed by atoms with Gasteiger partial charge < -0.3 is 10.6 Å². The quantitative estimate of drug-likeness (QED) is 0.550. The van der Waals surface area contributed by atoms with Crippen LogP contribution in [0, 0.1) is 22.3 Å². The van der Waals surface area contributed by atoms with Gasteiger partial charge >= 0.3 is 0 Å². The molecule has 0 aromatic heterocycles. The number of nitrogens with one attached hydrogen (secondary N) is 2. The van der Waals surface area contributed by atoms with E-state index in [1.165, 1.54) is 65.2 Å². The van der Waals surface area contributed by atoms with Gasteiger partial charge in [0.1, 0.15) is 0 Å². The van der Waals surface area contributed by atoms with Crippen molar-refractivity contribution in [1.82, 2.24) is 5.32 Å². The van der Waals surface area contributed by atoms with E-state index in [1.807, 2.05) is 30.3 Å². The molecule has 7 rings (SSSR count). The highest BCUT2D eigenvalue weighted by Crippen LogP contribution is 2.31. The molecule has 4 aliphatic rings. The fourth-order valence-electron chi connectivity index (χ4n) is 6.11. The average molecular weight is 460 g/mol. The summed E-state index contributed by atoms with van der Waals surface area (Å²) in [6.07, 6.45) is 16.8. The van der Waals surface area contributed by atoms with Crippen LogP contribution in [-0.2, 0) is 12.8 Å². The lowest BCUT2D eigenvalue weighted by Crippen LogP contribution is -2.34. The van der Waals surface area contributed by atoms with Gasteiger partial charge in [-0.2, -0.15) is 0 Å². The topological polar surface area (TPSA) is 36.4 Å². The van der Waals surface area contributed by atoms with E-state index >= 15 is 0 Å². The summed E-state index contributed by atoms with van der Waals surface area (Å²) in [5.74, 6) is 1.76. The molecule has 2 N–H and O–H groups in total. The van der Waals surface area contributed by atoms with Gasteiger partial charge in [0.2, 0.25) is 0 Å². The number of fused-ring (bicyclic) bond motifs is 5. The molecular formula is C32H33N3. The minimum absolute atomic E-state index is 0.850. The van der Waals surface area contributed by atoms with Crippen LogP contribution in [0.3, 0.4) is 0 Å². The van der Waals surface area contributed by atoms with Crippen LogP contribution in [0.15, 0.2) is 71.9 Å². The van der Waals surface area contributed by atoms with Crippen molar-refractivity contribution >= 4 is 30.3 Å². The highest BCUT2D eigenvalue weighted by atomic mass is 14.9. The Labute approximate surface area is 207 Å². The summed E-state index contributed by atoms with van der Waals surface area (Å²) < 4.78 is 0. The monoisotopic (exact) mass is 459 g/mol. The Balaban J connectivity index is 0.000000174. The molecule has 3 aromatic carbocycles. The minimum Gasteiger partial charge on any atom is -0.346 e. The van der Waals surface area contributed by atoms with Crippen molar-refractivity contribution in [3.63, 3.8) is 0 Å². The predicted molar refractivity (Wildman–Crippen MR) is 147 cm³/mol. The third kappa shape index (κ3) is 4.61. The maximum absolute atomic E-state index is 3.97. The summed E-state index contributed by atoms with van der Waals surface area (Å²) in [5, 5.41) is 12.4. The number of anilines is 1. The molecule has 0 radical (unpaired) electrons. The molecule has 1 saturated heterocycles. The molecule has 2 aliphatic carbocycles. The van der Waals surface area contributed by atoms with E-state index in [2.05, 4.69) is 64.2 Å². The van der Waals surface area contributed by atoms with Crippen LogP contribution in [0.2, 0.25) is 0 Å². The van der Waals surface area contributed by atoms with E-state index in [0.717, 1.165) is 23.9 Å². The number of hydrogen-bond acceptors (Lipinski definition) is 3. The van der Waals surface area contributed by atoms with E-state index in [1.54, 1.807) is 23.7 Å². The van der Waals surface area contributed by atoms with Crippen LogP contribution >= 0.6 is 0 Å². The first-order chi connectivity index (χ1) is 17.4. The molecule has 3 heteroatoms. The lowest BCUT2D eigenvalue weighted by atomic mass is 9.75. The van der Waals surface area contributed by atoms with Crippen LogP contribution in [-0.4, -0.2) is 19.4 Å². The molecule has 0 amide bonds. The Hall–Kier alpha value is -3.43. The molecule has 0 bridgehead atoms. The molecule has 1 atom stereocenters. The van der Waals surface area contributed by atoms with Crippen molar-refractivity contribution in [2.75, 3.05) is 18.4 Å². The average Bonchev–Trinajstić information content (AvgIpc) is 3.19. The van der Waals surface area contributed by atoms with Crippen LogP contribution in [0.4, 0.5) is 5.69 Å². The van der Waals surface area contributed by atoms with E-state index < -0.39 is 0 Å². The molecule has 2 heterocycles. The second-order valence-corrected chi connectivity index (χ2v) is 9.97. The fourth-order valence-corrected chi connectivity index (χ4v) is 6.11. The van der Waals surface area contributed by atoms with Gasteiger partial charge in [0, 0.05) is 11.9 Å². The van der Waals surface area contributed by atoms with Crippen molar-refractivity contribution < 1.29 is 0 Å². The number of aliphatic imine (C=N–C) groups is 1. The van der Waals surface area contributed by atoms with Crippen molar-refractivity contribution in [3.8, 4) is 0 Å². The Bertz CT molecular complexity index is 1490. The maximum atomic E-state index is 3.97. The Morgan fingerprint density at radius 3 is 2.54 bits per heavy atom. The summed E-state index contributed by atoms with van der Waals surface area (Å²) >= 11 is 0. The standard InChI is InChI=1S/C23H25N.C9H8N2/c1-2-4-20-17(3-1)7-10-22-21(20)9-8-18-5-6-19(15-23(18)22)16-11-13-24-14-12-16;1-2-4-9-8(3-1)5-6-10-7-11-9/h1-5,7-9,16,19,24H,6,10-15H2;1-7H,(H,10,11). The predicted octanol–water partition coefficient (Wildman–Crippen LogP) is 4.76. The fraction of sp³-hybridized carbons (Fsp3) is 0.281. The van der Waals surface area contributed by atoms with E-state index in [-0.39, 0.29) is 0 Å². The first kappa shape index (κ1) is 22.1. The summed E-state index contributed by atoms with van der Waals surface area (Å²) in [7, 11) is 0. The first-order valence-corrected chi connectivity index (χ1v) is 13.0. The molecule has 1 unspecified atom stereocenters. The van der Waals surface area contributed by atoms with Crippen LogP contribution in [0.5, 0.6) is 0 Å². The van der Waals surface area contributed by atoms with E-state index in [4.69, 9.17) is 0 Å². The zero-order valence-corrected chi connectivity index (χ0v) is 20.2. The second-order valence-electron chi connectivity index (χ2n) is 9.97. The van der Waals surface area contributed by atoms with Gasteiger partial charge in [0.15, 0.2) is 0 Å². The lowest BCUT2D eigenvalue weighted by Gasteiger charge is -2.33. The van der Waals surface area contributed by atoms with E-state index in [0.29, 0.717) is 0 Å². The van der Waals surface area contributed by atoms with Crippen LogP contribution in [0.25, 0.3) is 18.2 Å².